The first-order chi connectivity index (χ1) is 11.6. The third-order valence-electron chi connectivity index (χ3n) is 4.29. The molecule has 0 radical (unpaired) electrons. The van der Waals surface area contributed by atoms with Gasteiger partial charge in [-0.3, -0.25) is 9.59 Å². The quantitative estimate of drug-likeness (QED) is 0.934. The van der Waals surface area contributed by atoms with E-state index in [0.29, 0.717) is 44.7 Å². The van der Waals surface area contributed by atoms with Crippen LogP contribution in [0.15, 0.2) is 42.6 Å². The molecule has 0 saturated carbocycles. The average molecular weight is 329 g/mol. The Balaban J connectivity index is 1.46. The molecule has 0 aliphatic carbocycles. The van der Waals surface area contributed by atoms with Crippen LogP contribution < -0.4 is 0 Å². The molecule has 0 bridgehead atoms. The Hall–Kier alpha value is -2.63. The van der Waals surface area contributed by atoms with E-state index in [1.165, 1.54) is 12.1 Å². The first-order valence-corrected chi connectivity index (χ1v) is 8.08. The first-order valence-electron chi connectivity index (χ1n) is 8.08. The lowest BCUT2D eigenvalue weighted by atomic mass is 10.1. The number of aromatic amines is 1. The van der Waals surface area contributed by atoms with Crippen LogP contribution in [0.5, 0.6) is 0 Å². The number of amides is 2. The van der Waals surface area contributed by atoms with Crippen LogP contribution >= 0.6 is 0 Å². The Labute approximate surface area is 140 Å². The number of nitrogens with one attached hydrogen (secondary N) is 1. The summed E-state index contributed by atoms with van der Waals surface area (Å²) in [7, 11) is 0. The molecule has 1 fully saturated rings. The van der Waals surface area contributed by atoms with Crippen molar-refractivity contribution in [1.29, 1.82) is 0 Å². The van der Waals surface area contributed by atoms with Crippen LogP contribution in [0.3, 0.4) is 0 Å². The second-order valence-electron chi connectivity index (χ2n) is 5.88. The molecular weight excluding hydrogens is 309 g/mol. The van der Waals surface area contributed by atoms with Crippen LogP contribution in [0.4, 0.5) is 4.39 Å². The molecule has 24 heavy (non-hydrogen) atoms. The van der Waals surface area contributed by atoms with Gasteiger partial charge in [0.25, 0.3) is 5.91 Å². The zero-order chi connectivity index (χ0) is 16.9. The van der Waals surface area contributed by atoms with Crippen LogP contribution in [-0.4, -0.2) is 52.8 Å². The fourth-order valence-electron chi connectivity index (χ4n) is 2.85. The molecule has 1 saturated heterocycles. The summed E-state index contributed by atoms with van der Waals surface area (Å²) < 4.78 is 12.9. The highest BCUT2D eigenvalue weighted by atomic mass is 19.1. The van der Waals surface area contributed by atoms with Gasteiger partial charge in [0, 0.05) is 38.8 Å². The van der Waals surface area contributed by atoms with Gasteiger partial charge in [-0.25, -0.2) is 4.39 Å². The van der Waals surface area contributed by atoms with Crippen LogP contribution in [0.1, 0.15) is 22.5 Å². The fraction of sp³-hybridized carbons (Fsp3) is 0.333. The summed E-state index contributed by atoms with van der Waals surface area (Å²) in [6, 6.07) is 9.77. The molecule has 2 heterocycles. The molecule has 0 unspecified atom stereocenters. The van der Waals surface area contributed by atoms with E-state index in [2.05, 4.69) is 4.98 Å². The van der Waals surface area contributed by atoms with Crippen molar-refractivity contribution in [2.75, 3.05) is 26.2 Å². The number of carbonyl (C=O) groups is 2. The Morgan fingerprint density at radius 1 is 1.00 bits per heavy atom. The second kappa shape index (κ2) is 7.29. The van der Waals surface area contributed by atoms with E-state index in [1.54, 1.807) is 40.3 Å². The monoisotopic (exact) mass is 329 g/mol. The highest BCUT2D eigenvalue weighted by Gasteiger charge is 2.24. The van der Waals surface area contributed by atoms with Gasteiger partial charge in [0.2, 0.25) is 5.91 Å². The van der Waals surface area contributed by atoms with Gasteiger partial charge in [0.15, 0.2) is 0 Å². The molecule has 3 rings (SSSR count). The van der Waals surface area contributed by atoms with E-state index in [1.807, 2.05) is 0 Å². The van der Waals surface area contributed by atoms with Gasteiger partial charge >= 0.3 is 0 Å². The molecule has 1 N–H and O–H groups in total. The zero-order valence-corrected chi connectivity index (χ0v) is 13.4. The highest BCUT2D eigenvalue weighted by molar-refractivity contribution is 5.92. The average Bonchev–Trinajstić information content (AvgIpc) is 3.15. The van der Waals surface area contributed by atoms with E-state index in [9.17, 15) is 14.0 Å². The summed E-state index contributed by atoms with van der Waals surface area (Å²) in [6.45, 7) is 2.18. The van der Waals surface area contributed by atoms with Gasteiger partial charge in [0.1, 0.15) is 11.5 Å². The van der Waals surface area contributed by atoms with Crippen molar-refractivity contribution in [2.45, 2.75) is 12.8 Å². The summed E-state index contributed by atoms with van der Waals surface area (Å²) >= 11 is 0. The Morgan fingerprint density at radius 3 is 2.29 bits per heavy atom. The van der Waals surface area contributed by atoms with E-state index < -0.39 is 0 Å². The summed E-state index contributed by atoms with van der Waals surface area (Å²) in [5.74, 6) is -0.224. The van der Waals surface area contributed by atoms with Crippen molar-refractivity contribution in [3.05, 3.63) is 59.7 Å². The smallest absolute Gasteiger partial charge is 0.270 e. The summed E-state index contributed by atoms with van der Waals surface area (Å²) in [5, 5.41) is 0. The number of hydrogen-bond acceptors (Lipinski definition) is 2. The number of piperazine rings is 1. The first kappa shape index (κ1) is 16.2. The summed E-state index contributed by atoms with van der Waals surface area (Å²) in [6.07, 6.45) is 2.72. The van der Waals surface area contributed by atoms with Crippen molar-refractivity contribution in [3.8, 4) is 0 Å². The van der Waals surface area contributed by atoms with Gasteiger partial charge < -0.3 is 14.8 Å². The maximum Gasteiger partial charge on any atom is 0.270 e. The lowest BCUT2D eigenvalue weighted by Gasteiger charge is -2.34. The largest absolute Gasteiger partial charge is 0.357 e. The van der Waals surface area contributed by atoms with Crippen molar-refractivity contribution in [2.24, 2.45) is 0 Å². The number of halogens is 1. The molecule has 5 nitrogen and oxygen atoms in total. The maximum absolute atomic E-state index is 12.9. The van der Waals surface area contributed by atoms with Gasteiger partial charge in [-0.1, -0.05) is 12.1 Å². The van der Waals surface area contributed by atoms with Crippen LogP contribution in [0.25, 0.3) is 0 Å². The lowest BCUT2D eigenvalue weighted by Crippen LogP contribution is -2.50. The standard InChI is InChI=1S/C18H20FN3O2/c19-15-6-3-14(4-7-15)5-8-17(23)21-10-12-22(13-11-21)18(24)16-2-1-9-20-16/h1-4,6-7,9,20H,5,8,10-13H2. The van der Waals surface area contributed by atoms with Crippen LogP contribution in [0, 0.1) is 5.82 Å². The number of aryl methyl sites for hydroxylation is 1. The minimum Gasteiger partial charge on any atom is -0.357 e. The Morgan fingerprint density at radius 2 is 1.67 bits per heavy atom. The highest BCUT2D eigenvalue weighted by Crippen LogP contribution is 2.11. The molecule has 2 aromatic rings. The van der Waals surface area contributed by atoms with E-state index in [4.69, 9.17) is 0 Å². The summed E-state index contributed by atoms with van der Waals surface area (Å²) in [5.41, 5.74) is 1.52. The van der Waals surface area contributed by atoms with Crippen molar-refractivity contribution in [3.63, 3.8) is 0 Å². The number of carbonyl (C=O) groups excluding carboxylic acids is 2. The van der Waals surface area contributed by atoms with Gasteiger partial charge in [-0.2, -0.15) is 0 Å². The molecule has 6 heteroatoms. The number of nitrogens with zero attached hydrogens (tertiary/aromatic N) is 2. The van der Waals surface area contributed by atoms with Crippen LogP contribution in [-0.2, 0) is 11.2 Å². The van der Waals surface area contributed by atoms with E-state index in [0.717, 1.165) is 5.56 Å². The van der Waals surface area contributed by atoms with Crippen LogP contribution in [0.2, 0.25) is 0 Å². The zero-order valence-electron chi connectivity index (χ0n) is 13.4. The minimum atomic E-state index is -0.270. The van der Waals surface area contributed by atoms with Crippen molar-refractivity contribution >= 4 is 11.8 Å². The number of rotatable bonds is 4. The predicted octanol–water partition coefficient (Wildman–Crippen LogP) is 2.07. The molecule has 0 spiro atoms. The summed E-state index contributed by atoms with van der Waals surface area (Å²) in [4.78, 5) is 31.0. The minimum absolute atomic E-state index is 0.0292. The normalized spacial score (nSPS) is 14.7. The Bertz CT molecular complexity index is 690. The van der Waals surface area contributed by atoms with Gasteiger partial charge in [-0.15, -0.1) is 0 Å². The molecule has 126 valence electrons. The van der Waals surface area contributed by atoms with E-state index >= 15 is 0 Å². The number of benzene rings is 1. The van der Waals surface area contributed by atoms with Gasteiger partial charge in [0.05, 0.1) is 0 Å². The maximum atomic E-state index is 12.9. The SMILES string of the molecule is O=C(CCc1ccc(F)cc1)N1CCN(C(=O)c2ccc[nH]2)CC1. The topological polar surface area (TPSA) is 56.4 Å². The van der Waals surface area contributed by atoms with Crippen molar-refractivity contribution in [1.82, 2.24) is 14.8 Å². The molecular formula is C18H20FN3O2. The number of H-pyrrole nitrogens is 1. The predicted molar refractivity (Wildman–Crippen MR) is 88.0 cm³/mol. The number of hydrogen-bond donors (Lipinski definition) is 1. The molecule has 0 atom stereocenters. The lowest BCUT2D eigenvalue weighted by molar-refractivity contribution is -0.132. The van der Waals surface area contributed by atoms with Gasteiger partial charge in [-0.05, 0) is 36.2 Å². The second-order valence-corrected chi connectivity index (χ2v) is 5.88. The fourth-order valence-corrected chi connectivity index (χ4v) is 2.85. The third-order valence-corrected chi connectivity index (χ3v) is 4.29. The number of aromatic nitrogens is 1. The third kappa shape index (κ3) is 3.82. The molecule has 1 aromatic carbocycles. The Kier molecular flexibility index (Phi) is 4.93. The van der Waals surface area contributed by atoms with E-state index in [-0.39, 0.29) is 17.6 Å². The van der Waals surface area contributed by atoms with Crippen molar-refractivity contribution < 1.29 is 14.0 Å². The molecule has 1 aromatic heterocycles. The molecule has 1 aliphatic heterocycles. The molecule has 1 aliphatic rings. The molecule has 2 amide bonds.